The van der Waals surface area contributed by atoms with Gasteiger partial charge < -0.3 is 25.2 Å². The topological polar surface area (TPSA) is 114 Å². The average Bonchev–Trinajstić information content (AvgIpc) is 2.46. The van der Waals surface area contributed by atoms with E-state index in [0.717, 1.165) is 19.3 Å². The SMILES string of the molecule is COCCCCCNC(=O)N[C@H](CCC(=O)OC)C(=O)O. The average molecular weight is 304 g/mol. The molecule has 0 heterocycles. The number of carboxylic acid groups (broad SMARTS) is 1. The lowest BCUT2D eigenvalue weighted by Crippen LogP contribution is -2.46. The van der Waals surface area contributed by atoms with Crippen LogP contribution in [0.2, 0.25) is 0 Å². The van der Waals surface area contributed by atoms with Crippen LogP contribution in [0.1, 0.15) is 32.1 Å². The third-order valence-corrected chi connectivity index (χ3v) is 2.78. The Hall–Kier alpha value is -1.83. The van der Waals surface area contributed by atoms with Crippen molar-refractivity contribution in [2.45, 2.75) is 38.1 Å². The van der Waals surface area contributed by atoms with E-state index >= 15 is 0 Å². The predicted molar refractivity (Wildman–Crippen MR) is 74.9 cm³/mol. The Kier molecular flexibility index (Phi) is 10.9. The van der Waals surface area contributed by atoms with Crippen molar-refractivity contribution in [3.63, 3.8) is 0 Å². The third kappa shape index (κ3) is 10.6. The molecule has 21 heavy (non-hydrogen) atoms. The van der Waals surface area contributed by atoms with E-state index in [2.05, 4.69) is 15.4 Å². The molecule has 0 aromatic carbocycles. The summed E-state index contributed by atoms with van der Waals surface area (Å²) >= 11 is 0. The summed E-state index contributed by atoms with van der Waals surface area (Å²) in [6.07, 6.45) is 2.54. The number of carbonyl (C=O) groups excluding carboxylic acids is 2. The molecule has 0 aliphatic rings. The summed E-state index contributed by atoms with van der Waals surface area (Å²) in [6.45, 7) is 1.14. The lowest BCUT2D eigenvalue weighted by atomic mass is 10.1. The van der Waals surface area contributed by atoms with Crippen LogP contribution >= 0.6 is 0 Å². The Bertz CT molecular complexity index is 335. The van der Waals surface area contributed by atoms with Crippen LogP contribution in [-0.4, -0.2) is 56.5 Å². The van der Waals surface area contributed by atoms with Crippen LogP contribution in [0.5, 0.6) is 0 Å². The fourth-order valence-corrected chi connectivity index (χ4v) is 1.58. The molecular weight excluding hydrogens is 280 g/mol. The van der Waals surface area contributed by atoms with Crippen LogP contribution in [0.15, 0.2) is 0 Å². The van der Waals surface area contributed by atoms with E-state index in [1.54, 1.807) is 7.11 Å². The van der Waals surface area contributed by atoms with Gasteiger partial charge in [0.1, 0.15) is 6.04 Å². The minimum atomic E-state index is -1.19. The maximum Gasteiger partial charge on any atom is 0.326 e. The highest BCUT2D eigenvalue weighted by molar-refractivity contribution is 5.83. The molecule has 0 bridgehead atoms. The molecule has 122 valence electrons. The lowest BCUT2D eigenvalue weighted by Gasteiger charge is -2.14. The molecule has 0 unspecified atom stereocenters. The first-order valence-corrected chi connectivity index (χ1v) is 6.84. The Labute approximate surface area is 124 Å². The van der Waals surface area contributed by atoms with Crippen LogP contribution in [0.3, 0.4) is 0 Å². The van der Waals surface area contributed by atoms with Crippen LogP contribution < -0.4 is 10.6 Å². The van der Waals surface area contributed by atoms with Crippen molar-refractivity contribution in [1.29, 1.82) is 0 Å². The molecule has 2 amide bonds. The molecule has 8 nitrogen and oxygen atoms in total. The second-order valence-corrected chi connectivity index (χ2v) is 4.46. The molecule has 0 saturated carbocycles. The Balaban J connectivity index is 3.90. The summed E-state index contributed by atoms with van der Waals surface area (Å²) < 4.78 is 9.33. The van der Waals surface area contributed by atoms with Crippen LogP contribution in [0.4, 0.5) is 4.79 Å². The van der Waals surface area contributed by atoms with Crippen LogP contribution in [0.25, 0.3) is 0 Å². The maximum atomic E-state index is 11.5. The van der Waals surface area contributed by atoms with Gasteiger partial charge in [-0.05, 0) is 25.7 Å². The molecule has 0 aliphatic heterocycles. The van der Waals surface area contributed by atoms with Gasteiger partial charge >= 0.3 is 18.0 Å². The molecule has 0 spiro atoms. The van der Waals surface area contributed by atoms with E-state index in [1.165, 1.54) is 7.11 Å². The van der Waals surface area contributed by atoms with Gasteiger partial charge in [-0.15, -0.1) is 0 Å². The smallest absolute Gasteiger partial charge is 0.326 e. The maximum absolute atomic E-state index is 11.5. The molecule has 3 N–H and O–H groups in total. The van der Waals surface area contributed by atoms with Gasteiger partial charge in [0.15, 0.2) is 0 Å². The summed E-state index contributed by atoms with van der Waals surface area (Å²) in [4.78, 5) is 33.5. The number of amides is 2. The summed E-state index contributed by atoms with van der Waals surface area (Å²) in [7, 11) is 2.86. The minimum Gasteiger partial charge on any atom is -0.480 e. The van der Waals surface area contributed by atoms with Gasteiger partial charge in [-0.3, -0.25) is 4.79 Å². The number of methoxy groups -OCH3 is 2. The van der Waals surface area contributed by atoms with Crippen LogP contribution in [-0.2, 0) is 19.1 Å². The Morgan fingerprint density at radius 1 is 1.14 bits per heavy atom. The van der Waals surface area contributed by atoms with Crippen molar-refractivity contribution in [2.75, 3.05) is 27.4 Å². The number of hydrogen-bond acceptors (Lipinski definition) is 5. The normalized spacial score (nSPS) is 11.5. The minimum absolute atomic E-state index is 0.0106. The molecule has 0 fully saturated rings. The molecular formula is C13H24N2O6. The Morgan fingerprint density at radius 3 is 2.43 bits per heavy atom. The van der Waals surface area contributed by atoms with Crippen LogP contribution in [0, 0.1) is 0 Å². The fraction of sp³-hybridized carbons (Fsp3) is 0.769. The molecule has 0 aromatic rings. The number of nitrogens with one attached hydrogen (secondary N) is 2. The molecule has 0 radical (unpaired) electrons. The lowest BCUT2D eigenvalue weighted by molar-refractivity contribution is -0.142. The monoisotopic (exact) mass is 304 g/mol. The number of carbonyl (C=O) groups is 3. The molecule has 8 heteroatoms. The number of hydrogen-bond donors (Lipinski definition) is 3. The van der Waals surface area contributed by atoms with Crippen molar-refractivity contribution < 1.29 is 29.0 Å². The number of rotatable bonds is 11. The standard InChI is InChI=1S/C13H24N2O6/c1-20-9-5-3-4-8-14-13(19)15-10(12(17)18)6-7-11(16)21-2/h10H,3-9H2,1-2H3,(H,17,18)(H2,14,15,19)/t10-/m1/s1. The molecule has 0 saturated heterocycles. The molecule has 0 rings (SSSR count). The number of carboxylic acids is 1. The van der Waals surface area contributed by atoms with Crippen molar-refractivity contribution in [1.82, 2.24) is 10.6 Å². The Morgan fingerprint density at radius 2 is 1.86 bits per heavy atom. The summed E-state index contributed by atoms with van der Waals surface area (Å²) in [5.41, 5.74) is 0. The first-order chi connectivity index (χ1) is 10.0. The van der Waals surface area contributed by atoms with Gasteiger partial charge in [0, 0.05) is 26.7 Å². The summed E-state index contributed by atoms with van der Waals surface area (Å²) in [6, 6.07) is -1.67. The van der Waals surface area contributed by atoms with E-state index < -0.39 is 24.0 Å². The van der Waals surface area contributed by atoms with Gasteiger partial charge in [0.25, 0.3) is 0 Å². The van der Waals surface area contributed by atoms with Gasteiger partial charge in [-0.2, -0.15) is 0 Å². The third-order valence-electron chi connectivity index (χ3n) is 2.78. The van der Waals surface area contributed by atoms with Crippen molar-refractivity contribution in [3.8, 4) is 0 Å². The molecule has 1 atom stereocenters. The second-order valence-electron chi connectivity index (χ2n) is 4.46. The van der Waals surface area contributed by atoms with E-state index in [1.807, 2.05) is 0 Å². The van der Waals surface area contributed by atoms with E-state index in [9.17, 15) is 14.4 Å². The highest BCUT2D eigenvalue weighted by Crippen LogP contribution is 2.00. The van der Waals surface area contributed by atoms with E-state index in [4.69, 9.17) is 9.84 Å². The van der Waals surface area contributed by atoms with Gasteiger partial charge in [-0.25, -0.2) is 9.59 Å². The van der Waals surface area contributed by atoms with Gasteiger partial charge in [-0.1, -0.05) is 0 Å². The second kappa shape index (κ2) is 12.0. The van der Waals surface area contributed by atoms with Crippen molar-refractivity contribution in [3.05, 3.63) is 0 Å². The zero-order valence-corrected chi connectivity index (χ0v) is 12.5. The summed E-state index contributed by atoms with van der Waals surface area (Å²) in [5.74, 6) is -1.70. The molecule has 0 aromatic heterocycles. The highest BCUT2D eigenvalue weighted by atomic mass is 16.5. The summed E-state index contributed by atoms with van der Waals surface area (Å²) in [5, 5.41) is 13.9. The fourth-order valence-electron chi connectivity index (χ4n) is 1.58. The first-order valence-electron chi connectivity index (χ1n) is 6.84. The predicted octanol–water partition coefficient (Wildman–Crippen LogP) is 0.509. The number of aliphatic carboxylic acids is 1. The zero-order chi connectivity index (χ0) is 16.1. The molecule has 0 aliphatic carbocycles. The number of urea groups is 1. The number of ether oxygens (including phenoxy) is 2. The van der Waals surface area contributed by atoms with E-state index in [-0.39, 0.29) is 12.8 Å². The van der Waals surface area contributed by atoms with Gasteiger partial charge in [0.2, 0.25) is 0 Å². The van der Waals surface area contributed by atoms with Gasteiger partial charge in [0.05, 0.1) is 7.11 Å². The van der Waals surface area contributed by atoms with Crippen molar-refractivity contribution in [2.24, 2.45) is 0 Å². The largest absolute Gasteiger partial charge is 0.480 e. The van der Waals surface area contributed by atoms with Crippen molar-refractivity contribution >= 4 is 18.0 Å². The number of esters is 1. The number of unbranched alkanes of at least 4 members (excludes halogenated alkanes) is 2. The quantitative estimate of drug-likeness (QED) is 0.378. The highest BCUT2D eigenvalue weighted by Gasteiger charge is 2.20. The zero-order valence-electron chi connectivity index (χ0n) is 12.5. The van der Waals surface area contributed by atoms with E-state index in [0.29, 0.717) is 13.2 Å². The first kappa shape index (κ1) is 19.2.